The van der Waals surface area contributed by atoms with Crippen molar-refractivity contribution < 1.29 is 9.59 Å². The van der Waals surface area contributed by atoms with Crippen LogP contribution < -0.4 is 10.2 Å². The monoisotopic (exact) mass is 354 g/mol. The van der Waals surface area contributed by atoms with Crippen molar-refractivity contribution >= 4 is 39.2 Å². The number of ketones is 1. The number of nitrogens with one attached hydrogen (secondary N) is 1. The minimum atomic E-state index is -0.214. The van der Waals surface area contributed by atoms with E-state index in [1.165, 1.54) is 0 Å². The number of carbonyl (C=O) groups is 2. The summed E-state index contributed by atoms with van der Waals surface area (Å²) in [5.74, 6) is 0.617. The number of hydrogen-bond donors (Lipinski definition) is 1. The fraction of sp³-hybridized carbons (Fsp3) is 0.500. The Hall–Kier alpha value is -1.63. The summed E-state index contributed by atoms with van der Waals surface area (Å²) < 4.78 is 0.864. The minimum absolute atomic E-state index is 0.0975. The lowest BCUT2D eigenvalue weighted by Gasteiger charge is -2.30. The third-order valence-electron chi connectivity index (χ3n) is 3.51. The van der Waals surface area contributed by atoms with Crippen molar-refractivity contribution in [3.05, 3.63) is 16.7 Å². The third-order valence-corrected chi connectivity index (χ3v) is 4.12. The second-order valence-corrected chi connectivity index (χ2v) is 6.26. The van der Waals surface area contributed by atoms with Crippen LogP contribution >= 0.6 is 15.9 Å². The molecule has 1 aromatic heterocycles. The average Bonchev–Trinajstić information content (AvgIpc) is 2.43. The zero-order valence-electron chi connectivity index (χ0n) is 12.4. The standard InChI is InChI=1S/C14H19BrN4O2/c1-9-8-19(5-4-12(9)20)14(21)17-13-6-11(18(2)3)10(15)7-16-13/h6-7,9H,4-5,8H2,1-3H3,(H,16,17,21). The van der Waals surface area contributed by atoms with E-state index in [1.807, 2.05) is 25.9 Å². The van der Waals surface area contributed by atoms with Gasteiger partial charge in [-0.2, -0.15) is 0 Å². The number of anilines is 2. The van der Waals surface area contributed by atoms with Crippen LogP contribution in [0.2, 0.25) is 0 Å². The second kappa shape index (κ2) is 6.43. The van der Waals surface area contributed by atoms with Gasteiger partial charge in [0, 0.05) is 51.8 Å². The molecule has 1 aliphatic heterocycles. The van der Waals surface area contributed by atoms with E-state index in [-0.39, 0.29) is 17.7 Å². The van der Waals surface area contributed by atoms with Gasteiger partial charge in [-0.25, -0.2) is 9.78 Å². The lowest BCUT2D eigenvalue weighted by Crippen LogP contribution is -2.45. The molecule has 7 heteroatoms. The molecule has 1 saturated heterocycles. The van der Waals surface area contributed by atoms with Crippen LogP contribution in [0.15, 0.2) is 16.7 Å². The summed E-state index contributed by atoms with van der Waals surface area (Å²) >= 11 is 3.42. The van der Waals surface area contributed by atoms with Crippen molar-refractivity contribution in [2.75, 3.05) is 37.4 Å². The van der Waals surface area contributed by atoms with Crippen molar-refractivity contribution in [2.45, 2.75) is 13.3 Å². The third kappa shape index (κ3) is 3.72. The number of urea groups is 1. The molecule has 0 radical (unpaired) electrons. The summed E-state index contributed by atoms with van der Waals surface area (Å²) in [6.07, 6.45) is 2.08. The van der Waals surface area contributed by atoms with Gasteiger partial charge in [0.25, 0.3) is 0 Å². The largest absolute Gasteiger partial charge is 0.377 e. The van der Waals surface area contributed by atoms with Gasteiger partial charge in [0.1, 0.15) is 11.6 Å². The molecule has 1 fully saturated rings. The summed E-state index contributed by atoms with van der Waals surface area (Å²) in [5, 5.41) is 2.79. The van der Waals surface area contributed by atoms with E-state index in [4.69, 9.17) is 0 Å². The van der Waals surface area contributed by atoms with Gasteiger partial charge in [0.05, 0.1) is 10.2 Å². The normalized spacial score (nSPS) is 18.6. The van der Waals surface area contributed by atoms with E-state index in [1.54, 1.807) is 17.2 Å². The molecule has 114 valence electrons. The first-order valence-electron chi connectivity index (χ1n) is 6.80. The molecule has 2 amide bonds. The Morgan fingerprint density at radius 1 is 1.52 bits per heavy atom. The fourth-order valence-corrected chi connectivity index (χ4v) is 2.80. The fourth-order valence-electron chi connectivity index (χ4n) is 2.23. The predicted octanol–water partition coefficient (Wildman–Crippen LogP) is 2.35. The molecule has 0 aromatic carbocycles. The van der Waals surface area contributed by atoms with E-state index in [0.29, 0.717) is 25.3 Å². The van der Waals surface area contributed by atoms with Gasteiger partial charge in [-0.3, -0.25) is 10.1 Å². The highest BCUT2D eigenvalue weighted by atomic mass is 79.9. The number of amides is 2. The van der Waals surface area contributed by atoms with Gasteiger partial charge in [0.2, 0.25) is 0 Å². The van der Waals surface area contributed by atoms with E-state index in [9.17, 15) is 9.59 Å². The van der Waals surface area contributed by atoms with E-state index >= 15 is 0 Å². The van der Waals surface area contributed by atoms with Gasteiger partial charge < -0.3 is 9.80 Å². The Bertz CT molecular complexity index is 562. The van der Waals surface area contributed by atoms with Crippen LogP contribution in [0.25, 0.3) is 0 Å². The Balaban J connectivity index is 2.06. The van der Waals surface area contributed by atoms with Crippen LogP contribution in [0.3, 0.4) is 0 Å². The van der Waals surface area contributed by atoms with E-state index in [2.05, 4.69) is 26.2 Å². The maximum Gasteiger partial charge on any atom is 0.323 e. The number of likely N-dealkylation sites (tertiary alicyclic amines) is 1. The molecule has 0 bridgehead atoms. The number of aromatic nitrogens is 1. The number of halogens is 1. The number of carbonyl (C=O) groups excluding carboxylic acids is 2. The number of nitrogens with zero attached hydrogens (tertiary/aromatic N) is 3. The molecule has 1 atom stereocenters. The zero-order valence-corrected chi connectivity index (χ0v) is 14.0. The van der Waals surface area contributed by atoms with Crippen molar-refractivity contribution in [2.24, 2.45) is 5.92 Å². The Morgan fingerprint density at radius 2 is 2.24 bits per heavy atom. The van der Waals surface area contributed by atoms with Crippen molar-refractivity contribution in [1.29, 1.82) is 0 Å². The summed E-state index contributed by atoms with van der Waals surface area (Å²) in [5.41, 5.74) is 0.933. The SMILES string of the molecule is CC1CN(C(=O)Nc2cc(N(C)C)c(Br)cn2)CCC1=O. The smallest absolute Gasteiger partial charge is 0.323 e. The summed E-state index contributed by atoms with van der Waals surface area (Å²) in [4.78, 5) is 31.5. The highest BCUT2D eigenvalue weighted by molar-refractivity contribution is 9.10. The molecule has 6 nitrogen and oxygen atoms in total. The highest BCUT2D eigenvalue weighted by Gasteiger charge is 2.26. The van der Waals surface area contributed by atoms with Gasteiger partial charge in [0.15, 0.2) is 0 Å². The van der Waals surface area contributed by atoms with Gasteiger partial charge in [-0.1, -0.05) is 6.92 Å². The van der Waals surface area contributed by atoms with Crippen molar-refractivity contribution in [3.63, 3.8) is 0 Å². The maximum absolute atomic E-state index is 12.2. The summed E-state index contributed by atoms with van der Waals surface area (Å²) in [7, 11) is 3.84. The quantitative estimate of drug-likeness (QED) is 0.885. The summed E-state index contributed by atoms with van der Waals surface area (Å²) in [6.45, 7) is 2.78. The lowest BCUT2D eigenvalue weighted by molar-refractivity contribution is -0.124. The average molecular weight is 355 g/mol. The Kier molecular flexibility index (Phi) is 4.82. The van der Waals surface area contributed by atoms with Gasteiger partial charge >= 0.3 is 6.03 Å². The minimum Gasteiger partial charge on any atom is -0.377 e. The molecule has 1 aliphatic rings. The molecule has 2 heterocycles. The first-order chi connectivity index (χ1) is 9.88. The van der Waals surface area contributed by atoms with Gasteiger partial charge in [-0.15, -0.1) is 0 Å². The first-order valence-corrected chi connectivity index (χ1v) is 7.59. The van der Waals surface area contributed by atoms with Crippen molar-refractivity contribution in [1.82, 2.24) is 9.88 Å². The number of piperidine rings is 1. The lowest BCUT2D eigenvalue weighted by atomic mass is 9.99. The van der Waals surface area contributed by atoms with E-state index in [0.717, 1.165) is 10.2 Å². The molecule has 1 N–H and O–H groups in total. The van der Waals surface area contributed by atoms with Crippen LogP contribution in [-0.2, 0) is 4.79 Å². The van der Waals surface area contributed by atoms with Crippen LogP contribution in [-0.4, -0.2) is 48.9 Å². The number of pyridine rings is 1. The van der Waals surface area contributed by atoms with Crippen molar-refractivity contribution in [3.8, 4) is 0 Å². The van der Waals surface area contributed by atoms with Crippen LogP contribution in [0.5, 0.6) is 0 Å². The number of hydrogen-bond acceptors (Lipinski definition) is 4. The van der Waals surface area contributed by atoms with E-state index < -0.39 is 0 Å². The Labute approximate surface area is 132 Å². The molecule has 1 unspecified atom stereocenters. The molecule has 0 aliphatic carbocycles. The number of Topliss-reactive ketones (excluding diaryl/α,β-unsaturated/α-hetero) is 1. The topological polar surface area (TPSA) is 65.5 Å². The number of rotatable bonds is 2. The van der Waals surface area contributed by atoms with Gasteiger partial charge in [-0.05, 0) is 15.9 Å². The predicted molar refractivity (Wildman–Crippen MR) is 85.6 cm³/mol. The van der Waals surface area contributed by atoms with Crippen LogP contribution in [0, 0.1) is 5.92 Å². The van der Waals surface area contributed by atoms with Crippen LogP contribution in [0.4, 0.5) is 16.3 Å². The molecule has 21 heavy (non-hydrogen) atoms. The molecule has 0 saturated carbocycles. The second-order valence-electron chi connectivity index (χ2n) is 5.41. The molecular formula is C14H19BrN4O2. The molecular weight excluding hydrogens is 336 g/mol. The molecule has 1 aromatic rings. The maximum atomic E-state index is 12.2. The molecule has 2 rings (SSSR count). The Morgan fingerprint density at radius 3 is 2.86 bits per heavy atom. The first kappa shape index (κ1) is 15.8. The zero-order chi connectivity index (χ0) is 15.6. The van der Waals surface area contributed by atoms with Crippen LogP contribution in [0.1, 0.15) is 13.3 Å². The molecule has 0 spiro atoms. The summed E-state index contributed by atoms with van der Waals surface area (Å²) in [6, 6.07) is 1.59. The highest BCUT2D eigenvalue weighted by Crippen LogP contribution is 2.26.